The van der Waals surface area contributed by atoms with Crippen molar-refractivity contribution in [2.24, 2.45) is 0 Å². The summed E-state index contributed by atoms with van der Waals surface area (Å²) in [6.07, 6.45) is 0. The Morgan fingerprint density at radius 3 is 2.81 bits per heavy atom. The third kappa shape index (κ3) is 2.91. The van der Waals surface area contributed by atoms with Gasteiger partial charge in [-0.3, -0.25) is 4.79 Å². The second kappa shape index (κ2) is 5.84. The van der Waals surface area contributed by atoms with Gasteiger partial charge in [0.05, 0.1) is 15.6 Å². The van der Waals surface area contributed by atoms with Crippen molar-refractivity contribution in [3.05, 3.63) is 57.6 Å². The topological polar surface area (TPSA) is 47.6 Å². The highest BCUT2D eigenvalue weighted by Gasteiger charge is 2.15. The van der Waals surface area contributed by atoms with Gasteiger partial charge in [-0.05, 0) is 29.8 Å². The van der Waals surface area contributed by atoms with Gasteiger partial charge in [0.2, 0.25) is 6.79 Å². The summed E-state index contributed by atoms with van der Waals surface area (Å²) >= 11 is 11.9. The van der Waals surface area contributed by atoms with Gasteiger partial charge >= 0.3 is 0 Å². The van der Waals surface area contributed by atoms with Crippen LogP contribution in [0.5, 0.6) is 11.5 Å². The number of carbonyl (C=O) groups excluding carboxylic acids is 1. The Labute approximate surface area is 131 Å². The Morgan fingerprint density at radius 2 is 1.95 bits per heavy atom. The first-order chi connectivity index (χ1) is 10.1. The summed E-state index contributed by atoms with van der Waals surface area (Å²) in [6.45, 7) is 0.585. The number of fused-ring (bicyclic) bond motifs is 1. The van der Waals surface area contributed by atoms with Crippen LogP contribution in [-0.2, 0) is 6.54 Å². The van der Waals surface area contributed by atoms with E-state index in [1.165, 1.54) is 0 Å². The molecule has 1 amide bonds. The third-order valence-corrected chi connectivity index (χ3v) is 3.91. The van der Waals surface area contributed by atoms with Gasteiger partial charge in [-0.25, -0.2) is 0 Å². The highest BCUT2D eigenvalue weighted by atomic mass is 35.5. The first kappa shape index (κ1) is 14.0. The van der Waals surface area contributed by atoms with Crippen LogP contribution in [0, 0.1) is 0 Å². The van der Waals surface area contributed by atoms with Crippen LogP contribution < -0.4 is 14.8 Å². The van der Waals surface area contributed by atoms with Crippen molar-refractivity contribution >= 4 is 29.1 Å². The maximum Gasteiger partial charge on any atom is 0.253 e. The first-order valence-electron chi connectivity index (χ1n) is 6.26. The fraction of sp³-hybridized carbons (Fsp3) is 0.133. The molecule has 0 saturated carbocycles. The van der Waals surface area contributed by atoms with Crippen molar-refractivity contribution in [1.82, 2.24) is 5.32 Å². The molecule has 6 heteroatoms. The van der Waals surface area contributed by atoms with Gasteiger partial charge in [0.25, 0.3) is 5.91 Å². The Hall–Kier alpha value is -1.91. The van der Waals surface area contributed by atoms with E-state index >= 15 is 0 Å². The molecule has 0 atom stereocenters. The van der Waals surface area contributed by atoms with Crippen molar-refractivity contribution < 1.29 is 14.3 Å². The lowest BCUT2D eigenvalue weighted by Gasteiger charge is -2.08. The number of nitrogens with one attached hydrogen (secondary N) is 1. The summed E-state index contributed by atoms with van der Waals surface area (Å²) in [5.74, 6) is 1.12. The Balaban J connectivity index is 1.70. The number of halogens is 2. The molecule has 2 aromatic carbocycles. The second-order valence-electron chi connectivity index (χ2n) is 4.47. The third-order valence-electron chi connectivity index (χ3n) is 3.09. The summed E-state index contributed by atoms with van der Waals surface area (Å²) in [5.41, 5.74) is 1.26. The number of benzene rings is 2. The van der Waals surface area contributed by atoms with Crippen LogP contribution in [0.3, 0.4) is 0 Å². The number of amides is 1. The Bertz CT molecular complexity index is 703. The average Bonchev–Trinajstić information content (AvgIpc) is 2.95. The van der Waals surface area contributed by atoms with Gasteiger partial charge < -0.3 is 14.8 Å². The fourth-order valence-corrected chi connectivity index (χ4v) is 2.39. The lowest BCUT2D eigenvalue weighted by atomic mass is 10.1. The molecule has 0 aromatic heterocycles. The molecule has 3 rings (SSSR count). The number of hydrogen-bond acceptors (Lipinski definition) is 3. The summed E-state index contributed by atoms with van der Waals surface area (Å²) in [6, 6.07) is 10.5. The lowest BCUT2D eigenvalue weighted by molar-refractivity contribution is 0.0951. The molecule has 21 heavy (non-hydrogen) atoms. The van der Waals surface area contributed by atoms with E-state index in [0.29, 0.717) is 28.6 Å². The zero-order valence-corrected chi connectivity index (χ0v) is 12.4. The summed E-state index contributed by atoms with van der Waals surface area (Å²) < 4.78 is 10.5. The summed E-state index contributed by atoms with van der Waals surface area (Å²) in [5, 5.41) is 3.40. The quantitative estimate of drug-likeness (QED) is 0.937. The Morgan fingerprint density at radius 1 is 1.14 bits per heavy atom. The molecule has 1 heterocycles. The highest BCUT2D eigenvalue weighted by molar-refractivity contribution is 6.43. The standard InChI is InChI=1S/C15H11Cl2NO3/c16-11-3-1-2-10(14(11)17)15(19)18-7-9-4-5-12-13(6-9)21-8-20-12/h1-6H,7-8H2,(H,18,19). The molecule has 1 aliphatic heterocycles. The van der Waals surface area contributed by atoms with E-state index < -0.39 is 0 Å². The minimum atomic E-state index is -0.278. The van der Waals surface area contributed by atoms with Crippen molar-refractivity contribution in [3.8, 4) is 11.5 Å². The molecule has 0 aliphatic carbocycles. The van der Waals surface area contributed by atoms with E-state index in [9.17, 15) is 4.79 Å². The van der Waals surface area contributed by atoms with Gasteiger partial charge in [-0.2, -0.15) is 0 Å². The molecular formula is C15H11Cl2NO3. The second-order valence-corrected chi connectivity index (χ2v) is 5.26. The van der Waals surface area contributed by atoms with Gasteiger partial charge in [-0.1, -0.05) is 35.3 Å². The van der Waals surface area contributed by atoms with Crippen LogP contribution in [0.1, 0.15) is 15.9 Å². The van der Waals surface area contributed by atoms with Gasteiger partial charge in [0.15, 0.2) is 11.5 Å². The lowest BCUT2D eigenvalue weighted by Crippen LogP contribution is -2.23. The van der Waals surface area contributed by atoms with Crippen LogP contribution >= 0.6 is 23.2 Å². The molecule has 2 aromatic rings. The van der Waals surface area contributed by atoms with Crippen molar-refractivity contribution in [2.75, 3.05) is 6.79 Å². The maximum atomic E-state index is 12.1. The van der Waals surface area contributed by atoms with Gasteiger partial charge in [0.1, 0.15) is 0 Å². The number of hydrogen-bond donors (Lipinski definition) is 1. The maximum absolute atomic E-state index is 12.1. The molecule has 0 saturated heterocycles. The van der Waals surface area contributed by atoms with Crippen molar-refractivity contribution in [3.63, 3.8) is 0 Å². The normalized spacial score (nSPS) is 12.3. The molecule has 4 nitrogen and oxygen atoms in total. The van der Waals surface area contributed by atoms with E-state index in [-0.39, 0.29) is 17.7 Å². The van der Waals surface area contributed by atoms with E-state index in [1.54, 1.807) is 18.2 Å². The predicted molar refractivity (Wildman–Crippen MR) is 80.2 cm³/mol. The molecule has 1 aliphatic rings. The fourth-order valence-electron chi connectivity index (χ4n) is 2.01. The van der Waals surface area contributed by atoms with Crippen LogP contribution in [0.25, 0.3) is 0 Å². The molecule has 0 fully saturated rings. The highest BCUT2D eigenvalue weighted by Crippen LogP contribution is 2.32. The molecule has 0 unspecified atom stereocenters. The van der Waals surface area contributed by atoms with Gasteiger partial charge in [0, 0.05) is 6.54 Å². The number of carbonyl (C=O) groups is 1. The minimum absolute atomic E-state index is 0.225. The molecule has 1 N–H and O–H groups in total. The van der Waals surface area contributed by atoms with Crippen LogP contribution in [0.4, 0.5) is 0 Å². The molecule has 0 radical (unpaired) electrons. The number of ether oxygens (including phenoxy) is 2. The van der Waals surface area contributed by atoms with E-state index in [2.05, 4.69) is 5.32 Å². The molecule has 0 spiro atoms. The first-order valence-corrected chi connectivity index (χ1v) is 7.01. The average molecular weight is 324 g/mol. The smallest absolute Gasteiger partial charge is 0.253 e. The van der Waals surface area contributed by atoms with Crippen LogP contribution in [-0.4, -0.2) is 12.7 Å². The summed E-state index contributed by atoms with van der Waals surface area (Å²) in [7, 11) is 0. The van der Waals surface area contributed by atoms with E-state index in [1.807, 2.05) is 18.2 Å². The van der Waals surface area contributed by atoms with E-state index in [0.717, 1.165) is 5.56 Å². The van der Waals surface area contributed by atoms with E-state index in [4.69, 9.17) is 32.7 Å². The van der Waals surface area contributed by atoms with Crippen LogP contribution in [0.15, 0.2) is 36.4 Å². The number of rotatable bonds is 3. The molecule has 108 valence electrons. The summed E-state index contributed by atoms with van der Waals surface area (Å²) in [4.78, 5) is 12.1. The zero-order valence-electron chi connectivity index (χ0n) is 10.9. The minimum Gasteiger partial charge on any atom is -0.454 e. The molecule has 0 bridgehead atoms. The van der Waals surface area contributed by atoms with Crippen molar-refractivity contribution in [1.29, 1.82) is 0 Å². The van der Waals surface area contributed by atoms with Gasteiger partial charge in [-0.15, -0.1) is 0 Å². The predicted octanol–water partition coefficient (Wildman–Crippen LogP) is 3.65. The van der Waals surface area contributed by atoms with Crippen LogP contribution in [0.2, 0.25) is 10.0 Å². The van der Waals surface area contributed by atoms with Crippen molar-refractivity contribution in [2.45, 2.75) is 6.54 Å². The largest absolute Gasteiger partial charge is 0.454 e. The molecular weight excluding hydrogens is 313 g/mol. The zero-order chi connectivity index (χ0) is 14.8. The monoisotopic (exact) mass is 323 g/mol. The Kier molecular flexibility index (Phi) is 3.90. The SMILES string of the molecule is O=C(NCc1ccc2c(c1)OCO2)c1cccc(Cl)c1Cl.